The molecule has 118 valence electrons. The Morgan fingerprint density at radius 1 is 0.800 bits per heavy atom. The Morgan fingerprint density at radius 3 is 1.70 bits per heavy atom. The number of amides is 2. The molecule has 2 amide bonds. The lowest BCUT2D eigenvalue weighted by atomic mass is 10.1. The van der Waals surface area contributed by atoms with Crippen LogP contribution in [-0.4, -0.2) is 30.6 Å². The quantitative estimate of drug-likeness (QED) is 0.385. The van der Waals surface area contributed by atoms with Crippen LogP contribution in [0.3, 0.4) is 0 Å². The molecule has 3 heteroatoms. The molecule has 0 bridgehead atoms. The summed E-state index contributed by atoms with van der Waals surface area (Å²) in [4.78, 5) is 13.2. The molecule has 1 rings (SSSR count). The maximum absolute atomic E-state index is 11.3. The topological polar surface area (TPSA) is 32.1 Å². The van der Waals surface area contributed by atoms with Gasteiger partial charge in [-0.25, -0.2) is 4.79 Å². The molecule has 0 saturated carbocycles. The Labute approximate surface area is 125 Å². The van der Waals surface area contributed by atoms with Crippen LogP contribution in [0.5, 0.6) is 0 Å². The van der Waals surface area contributed by atoms with Gasteiger partial charge in [-0.2, -0.15) is 0 Å². The summed E-state index contributed by atoms with van der Waals surface area (Å²) < 4.78 is 0. The van der Waals surface area contributed by atoms with Gasteiger partial charge < -0.3 is 10.2 Å². The molecule has 1 N–H and O–H groups in total. The zero-order chi connectivity index (χ0) is 14.5. The highest BCUT2D eigenvalue weighted by molar-refractivity contribution is 5.76. The fourth-order valence-electron chi connectivity index (χ4n) is 2.53. The van der Waals surface area contributed by atoms with E-state index < -0.39 is 0 Å². The summed E-state index contributed by atoms with van der Waals surface area (Å²) in [5, 5.41) is 2.97. The van der Waals surface area contributed by atoms with Crippen LogP contribution in [0, 0.1) is 0 Å². The van der Waals surface area contributed by atoms with Crippen molar-refractivity contribution in [2.24, 2.45) is 0 Å². The van der Waals surface area contributed by atoms with Crippen molar-refractivity contribution in [2.75, 3.05) is 19.6 Å². The van der Waals surface area contributed by atoms with Gasteiger partial charge in [0.1, 0.15) is 0 Å². The van der Waals surface area contributed by atoms with Crippen molar-refractivity contribution in [1.29, 1.82) is 0 Å². The molecular formula is C17H34N2O. The Bertz CT molecular complexity index is 239. The monoisotopic (exact) mass is 282 g/mol. The summed E-state index contributed by atoms with van der Waals surface area (Å²) in [6, 6.07) is 0.132. The minimum atomic E-state index is 0.132. The highest BCUT2D eigenvalue weighted by Gasteiger charge is 2.22. The van der Waals surface area contributed by atoms with Crippen molar-refractivity contribution in [3.8, 4) is 0 Å². The Morgan fingerprint density at radius 2 is 1.25 bits per heavy atom. The first-order chi connectivity index (χ1) is 9.84. The average Bonchev–Trinajstić information content (AvgIpc) is 3.28. The predicted molar refractivity (Wildman–Crippen MR) is 86.0 cm³/mol. The van der Waals surface area contributed by atoms with Gasteiger partial charge in [0.2, 0.25) is 0 Å². The van der Waals surface area contributed by atoms with Crippen LogP contribution in [0.4, 0.5) is 4.79 Å². The van der Waals surface area contributed by atoms with Crippen molar-refractivity contribution in [3.05, 3.63) is 0 Å². The fourth-order valence-corrected chi connectivity index (χ4v) is 2.53. The van der Waals surface area contributed by atoms with Crippen LogP contribution < -0.4 is 5.32 Å². The standard InChI is InChI=1S/C17H34N2O/c1-2-3-4-5-6-7-8-9-10-11-12-13-14-18-17(20)19-15-16-19/h2-16H2,1H3,(H,18,20). The summed E-state index contributed by atoms with van der Waals surface area (Å²) in [5.74, 6) is 0. The first-order valence-electron chi connectivity index (χ1n) is 8.87. The summed E-state index contributed by atoms with van der Waals surface area (Å²) in [6.07, 6.45) is 16.4. The number of rotatable bonds is 13. The molecule has 0 aromatic rings. The van der Waals surface area contributed by atoms with Crippen LogP contribution in [0.2, 0.25) is 0 Å². The number of hydrogen-bond donors (Lipinski definition) is 1. The van der Waals surface area contributed by atoms with Gasteiger partial charge in [-0.1, -0.05) is 77.6 Å². The van der Waals surface area contributed by atoms with Gasteiger partial charge in [0.15, 0.2) is 0 Å². The van der Waals surface area contributed by atoms with E-state index in [0.717, 1.165) is 26.1 Å². The van der Waals surface area contributed by atoms with Gasteiger partial charge in [-0.05, 0) is 6.42 Å². The zero-order valence-corrected chi connectivity index (χ0v) is 13.5. The second-order valence-corrected chi connectivity index (χ2v) is 6.11. The van der Waals surface area contributed by atoms with Gasteiger partial charge in [0.25, 0.3) is 0 Å². The maximum atomic E-state index is 11.3. The average molecular weight is 282 g/mol. The van der Waals surface area contributed by atoms with E-state index in [4.69, 9.17) is 0 Å². The van der Waals surface area contributed by atoms with Crippen LogP contribution in [-0.2, 0) is 0 Å². The number of carbonyl (C=O) groups excluding carboxylic acids is 1. The van der Waals surface area contributed by atoms with Crippen molar-refractivity contribution in [3.63, 3.8) is 0 Å². The SMILES string of the molecule is CCCCCCCCCCCCCCNC(=O)N1CC1. The van der Waals surface area contributed by atoms with E-state index in [1.165, 1.54) is 70.6 Å². The van der Waals surface area contributed by atoms with Crippen LogP contribution in [0.15, 0.2) is 0 Å². The lowest BCUT2D eigenvalue weighted by Crippen LogP contribution is -2.29. The summed E-state index contributed by atoms with van der Waals surface area (Å²) >= 11 is 0. The van der Waals surface area contributed by atoms with Gasteiger partial charge in [0.05, 0.1) is 0 Å². The highest BCUT2D eigenvalue weighted by atomic mass is 16.2. The number of nitrogens with zero attached hydrogens (tertiary/aromatic N) is 1. The van der Waals surface area contributed by atoms with Crippen molar-refractivity contribution < 1.29 is 4.79 Å². The van der Waals surface area contributed by atoms with Gasteiger partial charge in [-0.3, -0.25) is 0 Å². The smallest absolute Gasteiger partial charge is 0.317 e. The summed E-state index contributed by atoms with van der Waals surface area (Å²) in [5.41, 5.74) is 0. The number of unbranched alkanes of at least 4 members (excludes halogenated alkanes) is 11. The molecule has 0 atom stereocenters. The molecule has 3 nitrogen and oxygen atoms in total. The first kappa shape index (κ1) is 17.3. The minimum Gasteiger partial charge on any atom is -0.338 e. The second-order valence-electron chi connectivity index (χ2n) is 6.11. The van der Waals surface area contributed by atoms with E-state index in [-0.39, 0.29) is 6.03 Å². The van der Waals surface area contributed by atoms with Crippen LogP contribution in [0.1, 0.15) is 84.0 Å². The second kappa shape index (κ2) is 12.0. The Kier molecular flexibility index (Phi) is 10.4. The Balaban J connectivity index is 1.67. The van der Waals surface area contributed by atoms with E-state index in [9.17, 15) is 4.79 Å². The molecule has 0 aromatic heterocycles. The predicted octanol–water partition coefficient (Wildman–Crippen LogP) is 4.71. The van der Waals surface area contributed by atoms with E-state index in [1.807, 2.05) is 4.90 Å². The molecular weight excluding hydrogens is 248 g/mol. The molecule has 1 aliphatic heterocycles. The first-order valence-corrected chi connectivity index (χ1v) is 8.87. The van der Waals surface area contributed by atoms with Crippen molar-refractivity contribution in [1.82, 2.24) is 10.2 Å². The summed E-state index contributed by atoms with van der Waals surface area (Å²) in [7, 11) is 0. The Hall–Kier alpha value is -0.730. The van der Waals surface area contributed by atoms with Gasteiger partial charge in [0, 0.05) is 19.6 Å². The molecule has 1 fully saturated rings. The third-order valence-electron chi connectivity index (χ3n) is 4.04. The number of nitrogens with one attached hydrogen (secondary N) is 1. The molecule has 1 aliphatic rings. The molecule has 20 heavy (non-hydrogen) atoms. The molecule has 0 spiro atoms. The van der Waals surface area contributed by atoms with Gasteiger partial charge in [-0.15, -0.1) is 0 Å². The minimum absolute atomic E-state index is 0.132. The van der Waals surface area contributed by atoms with E-state index in [0.29, 0.717) is 0 Å². The van der Waals surface area contributed by atoms with E-state index in [2.05, 4.69) is 12.2 Å². The van der Waals surface area contributed by atoms with E-state index in [1.54, 1.807) is 0 Å². The number of hydrogen-bond acceptors (Lipinski definition) is 1. The fraction of sp³-hybridized carbons (Fsp3) is 0.941. The zero-order valence-electron chi connectivity index (χ0n) is 13.5. The van der Waals surface area contributed by atoms with Crippen molar-refractivity contribution >= 4 is 6.03 Å². The largest absolute Gasteiger partial charge is 0.338 e. The molecule has 0 aliphatic carbocycles. The summed E-state index contributed by atoms with van der Waals surface area (Å²) in [6.45, 7) is 5.02. The van der Waals surface area contributed by atoms with Crippen molar-refractivity contribution in [2.45, 2.75) is 84.0 Å². The third kappa shape index (κ3) is 10.1. The number of carbonyl (C=O) groups is 1. The van der Waals surface area contributed by atoms with Crippen LogP contribution >= 0.6 is 0 Å². The number of urea groups is 1. The normalized spacial score (nSPS) is 13.6. The highest BCUT2D eigenvalue weighted by Crippen LogP contribution is 2.11. The molecule has 1 heterocycles. The molecule has 0 aromatic carbocycles. The van der Waals surface area contributed by atoms with Crippen LogP contribution in [0.25, 0.3) is 0 Å². The maximum Gasteiger partial charge on any atom is 0.317 e. The van der Waals surface area contributed by atoms with E-state index >= 15 is 0 Å². The lowest BCUT2D eigenvalue weighted by Gasteiger charge is -2.05. The molecule has 0 radical (unpaired) electrons. The molecule has 0 unspecified atom stereocenters. The third-order valence-corrected chi connectivity index (χ3v) is 4.04. The molecule has 1 saturated heterocycles. The lowest BCUT2D eigenvalue weighted by molar-refractivity contribution is 0.229. The van der Waals surface area contributed by atoms with Gasteiger partial charge >= 0.3 is 6.03 Å².